The fourth-order valence-corrected chi connectivity index (χ4v) is 5.47. The Morgan fingerprint density at radius 3 is 2.44 bits per heavy atom. The van der Waals surface area contributed by atoms with Gasteiger partial charge in [-0.15, -0.1) is 0 Å². The summed E-state index contributed by atoms with van der Waals surface area (Å²) in [5.74, 6) is 0.833. The summed E-state index contributed by atoms with van der Waals surface area (Å²) < 4.78 is 29.9. The van der Waals surface area contributed by atoms with Crippen molar-refractivity contribution in [3.05, 3.63) is 46.9 Å². The van der Waals surface area contributed by atoms with Gasteiger partial charge >= 0.3 is 6.09 Å². The zero-order valence-corrected chi connectivity index (χ0v) is 20.1. The summed E-state index contributed by atoms with van der Waals surface area (Å²) in [6.45, 7) is 7.37. The number of hydrogen-bond donors (Lipinski definition) is 1. The van der Waals surface area contributed by atoms with Crippen LogP contribution < -0.4 is 4.90 Å². The van der Waals surface area contributed by atoms with Crippen LogP contribution in [0.1, 0.15) is 45.0 Å². The zero-order chi connectivity index (χ0) is 23.6. The molecule has 0 bridgehead atoms. The number of sulfone groups is 1. The van der Waals surface area contributed by atoms with Gasteiger partial charge in [0.15, 0.2) is 9.84 Å². The molecule has 174 valence electrons. The third-order valence-electron chi connectivity index (χ3n) is 5.29. The van der Waals surface area contributed by atoms with E-state index in [4.69, 9.17) is 16.3 Å². The number of halogens is 1. The number of rotatable bonds is 8. The molecule has 0 aliphatic carbocycles. The molecular formula is C22H28ClN3O5S. The first-order valence-electron chi connectivity index (χ1n) is 10.5. The molecule has 2 heterocycles. The van der Waals surface area contributed by atoms with Gasteiger partial charge in [-0.2, -0.15) is 0 Å². The number of carbonyl (C=O) groups excluding carboxylic acids is 1. The third-order valence-corrected chi connectivity index (χ3v) is 7.58. The molecule has 1 aromatic carbocycles. The van der Waals surface area contributed by atoms with Gasteiger partial charge in [-0.25, -0.2) is 23.2 Å². The predicted molar refractivity (Wildman–Crippen MR) is 122 cm³/mol. The Balaban J connectivity index is 1.80. The number of aliphatic hydroxyl groups is 1. The Labute approximate surface area is 193 Å². The van der Waals surface area contributed by atoms with Crippen molar-refractivity contribution in [1.29, 1.82) is 0 Å². The minimum Gasteiger partial charge on any atom is -0.447 e. The molecule has 0 saturated carbocycles. The molecule has 1 saturated heterocycles. The van der Waals surface area contributed by atoms with Crippen LogP contribution in [0.5, 0.6) is 0 Å². The second-order valence-electron chi connectivity index (χ2n) is 8.57. The lowest BCUT2D eigenvalue weighted by Crippen LogP contribution is -2.41. The lowest BCUT2D eigenvalue weighted by atomic mass is 9.97. The average Bonchev–Trinajstić information content (AvgIpc) is 3.08. The van der Waals surface area contributed by atoms with E-state index in [2.05, 4.69) is 9.97 Å². The van der Waals surface area contributed by atoms with Crippen molar-refractivity contribution >= 4 is 33.3 Å². The van der Waals surface area contributed by atoms with E-state index in [1.54, 1.807) is 31.2 Å². The van der Waals surface area contributed by atoms with Crippen LogP contribution >= 0.6 is 11.6 Å². The maximum atomic E-state index is 12.4. The number of amides is 1. The molecular weight excluding hydrogens is 454 g/mol. The molecule has 1 fully saturated rings. The van der Waals surface area contributed by atoms with Crippen molar-refractivity contribution in [3.63, 3.8) is 0 Å². The number of aromatic nitrogens is 2. The summed E-state index contributed by atoms with van der Waals surface area (Å²) in [7, 11) is -3.31. The first-order valence-corrected chi connectivity index (χ1v) is 12.5. The highest BCUT2D eigenvalue weighted by Crippen LogP contribution is 2.27. The van der Waals surface area contributed by atoms with E-state index in [0.717, 1.165) is 5.56 Å². The number of aliphatic hydroxyl groups excluding tert-OH is 1. The molecule has 1 aromatic heterocycles. The van der Waals surface area contributed by atoms with Crippen molar-refractivity contribution in [3.8, 4) is 0 Å². The number of hydrogen-bond acceptors (Lipinski definition) is 7. The Bertz CT molecular complexity index is 1070. The number of nitrogens with zero attached hydrogens (tertiary/aromatic N) is 3. The molecule has 10 heteroatoms. The molecule has 1 aliphatic rings. The second-order valence-corrected chi connectivity index (χ2v) is 11.0. The van der Waals surface area contributed by atoms with Crippen LogP contribution in [0, 0.1) is 5.92 Å². The summed E-state index contributed by atoms with van der Waals surface area (Å²) in [6.07, 6.45) is -0.973. The van der Waals surface area contributed by atoms with Crippen LogP contribution in [0.25, 0.3) is 0 Å². The number of carbonyl (C=O) groups is 1. The minimum absolute atomic E-state index is 0.0266. The maximum Gasteiger partial charge on any atom is 0.416 e. The maximum absolute atomic E-state index is 12.4. The first kappa shape index (κ1) is 24.4. The van der Waals surface area contributed by atoms with Gasteiger partial charge in [0.2, 0.25) is 0 Å². The highest BCUT2D eigenvalue weighted by atomic mass is 35.5. The second kappa shape index (κ2) is 9.72. The van der Waals surface area contributed by atoms with Gasteiger partial charge in [-0.1, -0.05) is 44.5 Å². The summed E-state index contributed by atoms with van der Waals surface area (Å²) in [4.78, 5) is 22.5. The van der Waals surface area contributed by atoms with E-state index in [1.165, 1.54) is 11.0 Å². The summed E-state index contributed by atoms with van der Waals surface area (Å²) >= 11 is 6.19. The van der Waals surface area contributed by atoms with Crippen LogP contribution in [-0.4, -0.2) is 54.1 Å². The van der Waals surface area contributed by atoms with Crippen molar-refractivity contribution in [2.24, 2.45) is 5.92 Å². The lowest BCUT2D eigenvalue weighted by Gasteiger charge is -2.23. The molecule has 1 aliphatic heterocycles. The van der Waals surface area contributed by atoms with E-state index in [9.17, 15) is 18.3 Å². The van der Waals surface area contributed by atoms with E-state index in [0.29, 0.717) is 17.1 Å². The molecule has 1 N–H and O–H groups in total. The summed E-state index contributed by atoms with van der Waals surface area (Å²) in [5, 5.41) is 10.1. The van der Waals surface area contributed by atoms with Crippen molar-refractivity contribution in [1.82, 2.24) is 9.97 Å². The van der Waals surface area contributed by atoms with E-state index < -0.39 is 28.1 Å². The molecule has 0 spiro atoms. The normalized spacial score (nSPS) is 18.7. The van der Waals surface area contributed by atoms with Gasteiger partial charge in [0.1, 0.15) is 29.4 Å². The monoisotopic (exact) mass is 481 g/mol. The number of anilines is 1. The molecule has 8 nitrogen and oxygen atoms in total. The Morgan fingerprint density at radius 1 is 1.19 bits per heavy atom. The largest absolute Gasteiger partial charge is 0.447 e. The van der Waals surface area contributed by atoms with Crippen LogP contribution in [-0.2, 0) is 21.0 Å². The first-order chi connectivity index (χ1) is 15.0. The van der Waals surface area contributed by atoms with Gasteiger partial charge in [-0.05, 0) is 36.5 Å². The topological polar surface area (TPSA) is 110 Å². The number of benzene rings is 1. The molecule has 2 aromatic rings. The average molecular weight is 482 g/mol. The van der Waals surface area contributed by atoms with Crippen molar-refractivity contribution in [2.45, 2.75) is 57.1 Å². The van der Waals surface area contributed by atoms with E-state index in [-0.39, 0.29) is 35.2 Å². The highest BCUT2D eigenvalue weighted by Gasteiger charge is 2.38. The van der Waals surface area contributed by atoms with Gasteiger partial charge in [0.05, 0.1) is 16.8 Å². The van der Waals surface area contributed by atoms with Gasteiger partial charge in [0, 0.05) is 12.5 Å². The smallest absolute Gasteiger partial charge is 0.416 e. The van der Waals surface area contributed by atoms with Crippen LogP contribution in [0.3, 0.4) is 0 Å². The summed E-state index contributed by atoms with van der Waals surface area (Å²) in [6, 6.07) is 7.75. The lowest BCUT2D eigenvalue weighted by molar-refractivity contribution is 0.142. The Hall–Kier alpha value is -2.23. The SMILES string of the molecule is CC(C)CS(=O)(=O)c1ccc([C@H](C)Cc2nc(Cl)cc(N3C(=O)OC[C@@H]3[C@@H](C)O)n2)cc1. The highest BCUT2D eigenvalue weighted by molar-refractivity contribution is 7.91. The van der Waals surface area contributed by atoms with Gasteiger partial charge < -0.3 is 9.84 Å². The minimum atomic E-state index is -3.31. The van der Waals surface area contributed by atoms with E-state index in [1.807, 2.05) is 20.8 Å². The number of cyclic esters (lactones) is 1. The fraction of sp³-hybridized carbons (Fsp3) is 0.500. The third kappa shape index (κ3) is 5.57. The van der Waals surface area contributed by atoms with E-state index >= 15 is 0 Å². The molecule has 3 rings (SSSR count). The van der Waals surface area contributed by atoms with Crippen LogP contribution in [0.15, 0.2) is 35.2 Å². The van der Waals surface area contributed by atoms with Crippen LogP contribution in [0.2, 0.25) is 5.15 Å². The number of ether oxygens (including phenoxy) is 1. The zero-order valence-electron chi connectivity index (χ0n) is 18.5. The summed E-state index contributed by atoms with van der Waals surface area (Å²) in [5.41, 5.74) is 0.932. The Morgan fingerprint density at radius 2 is 1.84 bits per heavy atom. The molecule has 0 radical (unpaired) electrons. The quantitative estimate of drug-likeness (QED) is 0.573. The predicted octanol–water partition coefficient (Wildman–Crippen LogP) is 3.61. The molecule has 1 amide bonds. The molecule has 3 atom stereocenters. The van der Waals surface area contributed by atoms with Crippen molar-refractivity contribution in [2.75, 3.05) is 17.3 Å². The fourth-order valence-electron chi connectivity index (χ4n) is 3.65. The molecule has 0 unspecified atom stereocenters. The standard InChI is InChI=1S/C22H28ClN3O5S/c1-13(2)12-32(29,30)17-7-5-16(6-8-17)14(3)9-20-24-19(23)10-21(25-20)26-18(15(4)27)11-31-22(26)28/h5-8,10,13-15,18,27H,9,11-12H2,1-4H3/t14-,15-,18-/m1/s1. The van der Waals surface area contributed by atoms with Gasteiger partial charge in [-0.3, -0.25) is 4.90 Å². The molecule has 32 heavy (non-hydrogen) atoms. The van der Waals surface area contributed by atoms with Gasteiger partial charge in [0.25, 0.3) is 0 Å². The Kier molecular flexibility index (Phi) is 7.42. The van der Waals surface area contributed by atoms with Crippen LogP contribution in [0.4, 0.5) is 10.6 Å². The van der Waals surface area contributed by atoms with Crippen molar-refractivity contribution < 1.29 is 23.1 Å².